The zero-order valence-corrected chi connectivity index (χ0v) is 30.5. The summed E-state index contributed by atoms with van der Waals surface area (Å²) in [5.74, 6) is -6.43. The molecule has 0 spiro atoms. The SMILES string of the molecule is CC(=O)OCc1ccc(NC(=O)C(CCCNC(N)=O)NC(=O)C(NC(=O)C(CS(=O)(=O)O)NC(=O)CCCCCN2C(=O)C=CC2=O)C(C)C)cc1. The van der Waals surface area contributed by atoms with Crippen molar-refractivity contribution < 1.29 is 56.1 Å². The van der Waals surface area contributed by atoms with Crippen LogP contribution >= 0.6 is 0 Å². The fourth-order valence-electron chi connectivity index (χ4n) is 4.98. The van der Waals surface area contributed by atoms with Crippen LogP contribution in [-0.4, -0.2) is 102 Å². The monoisotopic (exact) mass is 765 g/mol. The average Bonchev–Trinajstić information content (AvgIpc) is 3.38. The molecule has 2 rings (SSSR count). The van der Waals surface area contributed by atoms with Crippen molar-refractivity contribution in [3.8, 4) is 0 Å². The van der Waals surface area contributed by atoms with Crippen LogP contribution in [0.3, 0.4) is 0 Å². The molecule has 1 aromatic rings. The van der Waals surface area contributed by atoms with Gasteiger partial charge in [-0.05, 0) is 49.3 Å². The van der Waals surface area contributed by atoms with Crippen molar-refractivity contribution in [2.45, 2.75) is 84.0 Å². The molecule has 3 unspecified atom stereocenters. The van der Waals surface area contributed by atoms with E-state index in [0.717, 1.165) is 17.1 Å². The molecule has 1 aromatic carbocycles. The Labute approximate surface area is 306 Å². The van der Waals surface area contributed by atoms with Gasteiger partial charge < -0.3 is 37.1 Å². The lowest BCUT2D eigenvalue weighted by Gasteiger charge is -2.27. The summed E-state index contributed by atoms with van der Waals surface area (Å²) in [6.45, 7) is 4.67. The number of nitrogens with zero attached hydrogens (tertiary/aromatic N) is 1. The number of carbonyl (C=O) groups excluding carboxylic acids is 8. The molecule has 0 bridgehead atoms. The molecule has 19 nitrogen and oxygen atoms in total. The molecule has 8 amide bonds. The maximum Gasteiger partial charge on any atom is 0.312 e. The molecular weight excluding hydrogens is 718 g/mol. The molecule has 1 heterocycles. The van der Waals surface area contributed by atoms with E-state index in [9.17, 15) is 51.3 Å². The summed E-state index contributed by atoms with van der Waals surface area (Å²) in [4.78, 5) is 99.4. The lowest BCUT2D eigenvalue weighted by atomic mass is 10.0. The molecule has 1 aliphatic heterocycles. The predicted octanol–water partition coefficient (Wildman–Crippen LogP) is -0.380. The lowest BCUT2D eigenvalue weighted by Crippen LogP contribution is -2.59. The van der Waals surface area contributed by atoms with Crippen molar-refractivity contribution in [2.24, 2.45) is 11.7 Å². The van der Waals surface area contributed by atoms with E-state index in [4.69, 9.17) is 10.5 Å². The number of nitrogens with one attached hydrogen (secondary N) is 5. The zero-order valence-electron chi connectivity index (χ0n) is 29.7. The molecule has 3 atom stereocenters. The Bertz CT molecular complexity index is 1630. The molecule has 0 radical (unpaired) electrons. The normalized spacial score (nSPS) is 14.2. The summed E-state index contributed by atoms with van der Waals surface area (Å²) in [5, 5.41) is 12.3. The molecule has 1 aliphatic rings. The third kappa shape index (κ3) is 16.7. The number of primary amides is 1. The van der Waals surface area contributed by atoms with Gasteiger partial charge in [0.2, 0.25) is 23.6 Å². The number of imide groups is 1. The van der Waals surface area contributed by atoms with Crippen LogP contribution in [0.15, 0.2) is 36.4 Å². The first-order valence-corrected chi connectivity index (χ1v) is 18.4. The summed E-state index contributed by atoms with van der Waals surface area (Å²) in [7, 11) is -4.79. The Morgan fingerprint density at radius 2 is 1.49 bits per heavy atom. The molecule has 292 valence electrons. The van der Waals surface area contributed by atoms with Crippen molar-refractivity contribution in [1.82, 2.24) is 26.2 Å². The standard InChI is InChI=1S/C33H47N7O12S/c1-20(2)29(39-31(46)25(19-53(49,50)51)37-26(42)9-5-4-6-17-40-27(43)14-15-28(40)44)32(47)38-24(8-7-16-35-33(34)48)30(45)36-23-12-10-22(11-13-23)18-52-21(3)41/h10-15,20,24-25,29H,4-9,16-19H2,1-3H3,(H,36,45)(H,37,42)(H,38,47)(H,39,46)(H3,34,35,48)(H,49,50,51). The first kappa shape index (κ1) is 43.8. The van der Waals surface area contributed by atoms with Crippen molar-refractivity contribution in [1.29, 1.82) is 0 Å². The summed E-state index contributed by atoms with van der Waals surface area (Å²) in [5.41, 5.74) is 6.12. The van der Waals surface area contributed by atoms with Crippen molar-refractivity contribution in [3.05, 3.63) is 42.0 Å². The van der Waals surface area contributed by atoms with E-state index in [1.165, 1.54) is 6.92 Å². The number of anilines is 1. The Hall–Kier alpha value is -5.37. The number of rotatable bonds is 22. The minimum atomic E-state index is -4.79. The van der Waals surface area contributed by atoms with Crippen molar-refractivity contribution >= 4 is 63.2 Å². The Kier molecular flexibility index (Phi) is 17.5. The number of benzene rings is 1. The van der Waals surface area contributed by atoms with Crippen LogP contribution in [0.1, 0.15) is 64.9 Å². The van der Waals surface area contributed by atoms with Gasteiger partial charge in [0.05, 0.1) is 0 Å². The summed E-state index contributed by atoms with van der Waals surface area (Å²) in [6, 6.07) is 1.24. The second kappa shape index (κ2) is 21.2. The molecule has 53 heavy (non-hydrogen) atoms. The Morgan fingerprint density at radius 3 is 2.06 bits per heavy atom. The lowest BCUT2D eigenvalue weighted by molar-refractivity contribution is -0.142. The highest BCUT2D eigenvalue weighted by molar-refractivity contribution is 7.85. The summed E-state index contributed by atoms with van der Waals surface area (Å²) in [6.07, 6.45) is 3.47. The van der Waals surface area contributed by atoms with Crippen molar-refractivity contribution in [2.75, 3.05) is 24.2 Å². The van der Waals surface area contributed by atoms with Crippen molar-refractivity contribution in [3.63, 3.8) is 0 Å². The smallest absolute Gasteiger partial charge is 0.312 e. The largest absolute Gasteiger partial charge is 0.461 e. The van der Waals surface area contributed by atoms with Gasteiger partial charge in [-0.25, -0.2) is 4.79 Å². The molecule has 0 saturated carbocycles. The van der Waals surface area contributed by atoms with Crippen LogP contribution in [0.2, 0.25) is 0 Å². The van der Waals surface area contributed by atoms with Gasteiger partial charge in [-0.1, -0.05) is 32.4 Å². The van der Waals surface area contributed by atoms with Gasteiger partial charge in [-0.3, -0.25) is 43.0 Å². The van der Waals surface area contributed by atoms with Crippen LogP contribution in [0.4, 0.5) is 10.5 Å². The minimum Gasteiger partial charge on any atom is -0.461 e. The maximum absolute atomic E-state index is 13.5. The third-order valence-corrected chi connectivity index (χ3v) is 8.48. The highest BCUT2D eigenvalue weighted by Crippen LogP contribution is 2.13. The number of carbonyl (C=O) groups is 8. The van der Waals surface area contributed by atoms with Gasteiger partial charge in [0, 0.05) is 44.3 Å². The predicted molar refractivity (Wildman–Crippen MR) is 189 cm³/mol. The van der Waals surface area contributed by atoms with Gasteiger partial charge >= 0.3 is 12.0 Å². The van der Waals surface area contributed by atoms with Crippen LogP contribution in [0.5, 0.6) is 0 Å². The molecule has 0 aromatic heterocycles. The van der Waals surface area contributed by atoms with E-state index >= 15 is 0 Å². The van der Waals surface area contributed by atoms with Gasteiger partial charge in [-0.15, -0.1) is 0 Å². The number of nitrogens with two attached hydrogens (primary N) is 1. The number of urea groups is 1. The van der Waals surface area contributed by atoms with Gasteiger partial charge in [0.15, 0.2) is 0 Å². The molecule has 0 fully saturated rings. The topological polar surface area (TPSA) is 290 Å². The molecule has 20 heteroatoms. The maximum atomic E-state index is 13.5. The van der Waals surface area contributed by atoms with Gasteiger partial charge in [0.1, 0.15) is 30.5 Å². The van der Waals surface area contributed by atoms with E-state index in [0.29, 0.717) is 24.1 Å². The number of unbranched alkanes of at least 4 members (excludes halogenated alkanes) is 2. The van der Waals surface area contributed by atoms with E-state index in [2.05, 4.69) is 26.6 Å². The van der Waals surface area contributed by atoms with E-state index in [1.807, 2.05) is 0 Å². The quantitative estimate of drug-likeness (QED) is 0.0344. The number of hydrogen-bond acceptors (Lipinski definition) is 11. The summed E-state index contributed by atoms with van der Waals surface area (Å²) >= 11 is 0. The van der Waals surface area contributed by atoms with E-state index in [1.54, 1.807) is 38.1 Å². The molecule has 8 N–H and O–H groups in total. The number of ether oxygens (including phenoxy) is 1. The third-order valence-electron chi connectivity index (χ3n) is 7.73. The first-order chi connectivity index (χ1) is 24.9. The second-order valence-corrected chi connectivity index (χ2v) is 14.0. The van der Waals surface area contributed by atoms with Crippen LogP contribution in [0.25, 0.3) is 0 Å². The molecule has 0 saturated heterocycles. The van der Waals surface area contributed by atoms with E-state index < -0.39 is 87.4 Å². The Balaban J connectivity index is 2.08. The summed E-state index contributed by atoms with van der Waals surface area (Å²) < 4.78 is 38.0. The molecule has 0 aliphatic carbocycles. The van der Waals surface area contributed by atoms with E-state index in [-0.39, 0.29) is 45.4 Å². The van der Waals surface area contributed by atoms with Crippen LogP contribution in [0, 0.1) is 5.92 Å². The van der Waals surface area contributed by atoms with Crippen LogP contribution < -0.4 is 32.3 Å². The zero-order chi connectivity index (χ0) is 39.7. The van der Waals surface area contributed by atoms with Gasteiger partial charge in [-0.2, -0.15) is 8.42 Å². The fourth-order valence-corrected chi connectivity index (χ4v) is 5.64. The second-order valence-electron chi connectivity index (χ2n) is 12.5. The highest BCUT2D eigenvalue weighted by Gasteiger charge is 2.33. The van der Waals surface area contributed by atoms with Crippen LogP contribution in [-0.2, 0) is 55.0 Å². The number of esters is 1. The van der Waals surface area contributed by atoms with Gasteiger partial charge in [0.25, 0.3) is 21.9 Å². The number of hydrogen-bond donors (Lipinski definition) is 7. The Morgan fingerprint density at radius 1 is 0.849 bits per heavy atom. The first-order valence-electron chi connectivity index (χ1n) is 16.8. The molecular formula is C33H47N7O12S. The minimum absolute atomic E-state index is 0.0180. The number of amides is 8. The highest BCUT2D eigenvalue weighted by atomic mass is 32.2. The average molecular weight is 766 g/mol. The fraction of sp³-hybridized carbons (Fsp3) is 0.515.